The Hall–Kier alpha value is -3.55. The van der Waals surface area contributed by atoms with Gasteiger partial charge in [-0.15, -0.1) is 0 Å². The highest BCUT2D eigenvalue weighted by Gasteiger charge is 2.37. The van der Waals surface area contributed by atoms with E-state index in [1.54, 1.807) is 62.8 Å². The van der Waals surface area contributed by atoms with E-state index in [1.807, 2.05) is 0 Å². The fourth-order valence-corrected chi connectivity index (χ4v) is 3.01. The minimum atomic E-state index is -0.706. The molecule has 3 rings (SSSR count). The van der Waals surface area contributed by atoms with Gasteiger partial charge in [0.05, 0.1) is 20.8 Å². The first-order valence-electron chi connectivity index (χ1n) is 9.19. The second-order valence-electron chi connectivity index (χ2n) is 6.59. The van der Waals surface area contributed by atoms with Crippen LogP contribution in [0.5, 0.6) is 11.5 Å². The number of carbonyl (C=O) groups excluding carboxylic acids is 3. The molecule has 29 heavy (non-hydrogen) atoms. The van der Waals surface area contributed by atoms with E-state index in [1.165, 1.54) is 0 Å². The number of carbonyl (C=O) groups is 3. The molecule has 8 heteroatoms. The molecule has 1 fully saturated rings. The fourth-order valence-electron chi connectivity index (χ4n) is 3.01. The van der Waals surface area contributed by atoms with Crippen LogP contribution in [0.2, 0.25) is 0 Å². The second-order valence-corrected chi connectivity index (χ2v) is 6.59. The Balaban J connectivity index is 1.51. The number of nitrogens with one attached hydrogen (secondary N) is 2. The maximum Gasteiger partial charge on any atom is 0.325 e. The standard InChI is InChI=1S/C21H23N3O5/c1-28-16-7-3-14(4-8-16)13-24-20(26)18(23-21(24)27)11-12-19(25)22-15-5-9-17(29-2)10-6-15/h3-10,18H,11-13H2,1-2H3,(H,22,25)(H,23,27). The third-order valence-electron chi connectivity index (χ3n) is 4.64. The Morgan fingerprint density at radius 3 is 2.17 bits per heavy atom. The Labute approximate surface area is 168 Å². The first kappa shape index (κ1) is 20.2. The van der Waals surface area contributed by atoms with Gasteiger partial charge >= 0.3 is 6.03 Å². The number of urea groups is 1. The van der Waals surface area contributed by atoms with E-state index >= 15 is 0 Å². The molecule has 0 saturated carbocycles. The lowest BCUT2D eigenvalue weighted by Gasteiger charge is -2.13. The Morgan fingerprint density at radius 2 is 1.59 bits per heavy atom. The Morgan fingerprint density at radius 1 is 1.00 bits per heavy atom. The van der Waals surface area contributed by atoms with Crippen LogP contribution in [-0.2, 0) is 16.1 Å². The molecular weight excluding hydrogens is 374 g/mol. The molecule has 1 aliphatic heterocycles. The van der Waals surface area contributed by atoms with Crippen LogP contribution in [-0.4, -0.2) is 43.0 Å². The average molecular weight is 397 g/mol. The number of hydrogen-bond donors (Lipinski definition) is 2. The van der Waals surface area contributed by atoms with Crippen LogP contribution in [0.15, 0.2) is 48.5 Å². The van der Waals surface area contributed by atoms with Crippen LogP contribution >= 0.6 is 0 Å². The SMILES string of the molecule is COc1ccc(CN2C(=O)NC(CCC(=O)Nc3ccc(OC)cc3)C2=O)cc1. The predicted molar refractivity (Wildman–Crippen MR) is 107 cm³/mol. The zero-order chi connectivity index (χ0) is 20.8. The number of ether oxygens (including phenoxy) is 2. The van der Waals surface area contributed by atoms with Crippen molar-refractivity contribution in [1.29, 1.82) is 0 Å². The molecule has 1 aliphatic rings. The van der Waals surface area contributed by atoms with Gasteiger partial charge in [-0.25, -0.2) is 4.79 Å². The maximum absolute atomic E-state index is 12.6. The molecule has 152 valence electrons. The minimum Gasteiger partial charge on any atom is -0.497 e. The molecular formula is C21H23N3O5. The van der Waals surface area contributed by atoms with E-state index in [0.29, 0.717) is 17.2 Å². The summed E-state index contributed by atoms with van der Waals surface area (Å²) in [5.74, 6) is 0.833. The highest BCUT2D eigenvalue weighted by molar-refractivity contribution is 6.04. The van der Waals surface area contributed by atoms with Crippen molar-refractivity contribution in [3.05, 3.63) is 54.1 Å². The highest BCUT2D eigenvalue weighted by atomic mass is 16.5. The van der Waals surface area contributed by atoms with Crippen molar-refractivity contribution < 1.29 is 23.9 Å². The lowest BCUT2D eigenvalue weighted by Crippen LogP contribution is -2.31. The number of anilines is 1. The molecule has 1 heterocycles. The Bertz CT molecular complexity index is 880. The van der Waals surface area contributed by atoms with E-state index in [-0.39, 0.29) is 31.2 Å². The molecule has 1 atom stereocenters. The fraction of sp³-hybridized carbons (Fsp3) is 0.286. The molecule has 0 bridgehead atoms. The van der Waals surface area contributed by atoms with Crippen LogP contribution in [0.1, 0.15) is 18.4 Å². The molecule has 0 radical (unpaired) electrons. The summed E-state index contributed by atoms with van der Waals surface area (Å²) in [7, 11) is 3.14. The molecule has 0 aliphatic carbocycles. The summed E-state index contributed by atoms with van der Waals surface area (Å²) in [6.45, 7) is 0.170. The number of imide groups is 1. The van der Waals surface area contributed by atoms with Crippen molar-refractivity contribution in [3.8, 4) is 11.5 Å². The molecule has 1 unspecified atom stereocenters. The summed E-state index contributed by atoms with van der Waals surface area (Å²) < 4.78 is 10.2. The first-order chi connectivity index (χ1) is 14.0. The highest BCUT2D eigenvalue weighted by Crippen LogP contribution is 2.19. The van der Waals surface area contributed by atoms with Gasteiger partial charge in [-0.05, 0) is 48.4 Å². The van der Waals surface area contributed by atoms with Crippen LogP contribution in [0.4, 0.5) is 10.5 Å². The number of nitrogens with zero attached hydrogens (tertiary/aromatic N) is 1. The largest absolute Gasteiger partial charge is 0.497 e. The topological polar surface area (TPSA) is 97.0 Å². The van der Waals surface area contributed by atoms with Crippen molar-refractivity contribution >= 4 is 23.5 Å². The molecule has 8 nitrogen and oxygen atoms in total. The smallest absolute Gasteiger partial charge is 0.325 e. The van der Waals surface area contributed by atoms with E-state index < -0.39 is 12.1 Å². The third kappa shape index (κ3) is 5.04. The van der Waals surface area contributed by atoms with Gasteiger partial charge in [0.2, 0.25) is 5.91 Å². The third-order valence-corrected chi connectivity index (χ3v) is 4.64. The molecule has 2 aromatic rings. The van der Waals surface area contributed by atoms with Gasteiger partial charge in [-0.2, -0.15) is 0 Å². The van der Waals surface area contributed by atoms with Gasteiger partial charge in [0.15, 0.2) is 0 Å². The van der Waals surface area contributed by atoms with Crippen LogP contribution in [0.25, 0.3) is 0 Å². The quantitative estimate of drug-likeness (QED) is 0.667. The molecule has 0 spiro atoms. The minimum absolute atomic E-state index is 0.110. The van der Waals surface area contributed by atoms with E-state index in [9.17, 15) is 14.4 Å². The van der Waals surface area contributed by atoms with Crippen molar-refractivity contribution in [3.63, 3.8) is 0 Å². The number of benzene rings is 2. The van der Waals surface area contributed by atoms with Gasteiger partial charge < -0.3 is 20.1 Å². The van der Waals surface area contributed by atoms with Gasteiger partial charge in [0, 0.05) is 12.1 Å². The number of methoxy groups -OCH3 is 2. The van der Waals surface area contributed by atoms with Gasteiger partial charge in [-0.1, -0.05) is 12.1 Å². The van der Waals surface area contributed by atoms with E-state index in [0.717, 1.165) is 10.5 Å². The van der Waals surface area contributed by atoms with Crippen molar-refractivity contribution in [2.45, 2.75) is 25.4 Å². The average Bonchev–Trinajstić information content (AvgIpc) is 3.01. The number of hydrogen-bond acceptors (Lipinski definition) is 5. The zero-order valence-electron chi connectivity index (χ0n) is 16.3. The molecule has 4 amide bonds. The van der Waals surface area contributed by atoms with E-state index in [2.05, 4.69) is 10.6 Å². The Kier molecular flexibility index (Phi) is 6.33. The van der Waals surface area contributed by atoms with Gasteiger partial charge in [0.25, 0.3) is 5.91 Å². The predicted octanol–water partition coefficient (Wildman–Crippen LogP) is 2.54. The zero-order valence-corrected chi connectivity index (χ0v) is 16.3. The van der Waals surface area contributed by atoms with Crippen molar-refractivity contribution in [1.82, 2.24) is 10.2 Å². The van der Waals surface area contributed by atoms with E-state index in [4.69, 9.17) is 9.47 Å². The second kappa shape index (κ2) is 9.09. The maximum atomic E-state index is 12.6. The van der Waals surface area contributed by atoms with Gasteiger partial charge in [0.1, 0.15) is 17.5 Å². The van der Waals surface area contributed by atoms with Crippen LogP contribution in [0, 0.1) is 0 Å². The lowest BCUT2D eigenvalue weighted by atomic mass is 10.1. The molecule has 0 aromatic heterocycles. The van der Waals surface area contributed by atoms with Crippen molar-refractivity contribution in [2.75, 3.05) is 19.5 Å². The van der Waals surface area contributed by atoms with Gasteiger partial charge in [-0.3, -0.25) is 14.5 Å². The summed E-state index contributed by atoms with van der Waals surface area (Å²) in [6.07, 6.45) is 0.338. The summed E-state index contributed by atoms with van der Waals surface area (Å²) in [6, 6.07) is 12.9. The van der Waals surface area contributed by atoms with Crippen LogP contribution in [0.3, 0.4) is 0 Å². The number of amides is 4. The normalized spacial score (nSPS) is 15.8. The summed E-state index contributed by atoms with van der Waals surface area (Å²) in [5, 5.41) is 5.41. The first-order valence-corrected chi connectivity index (χ1v) is 9.19. The summed E-state index contributed by atoms with van der Waals surface area (Å²) in [5.41, 5.74) is 1.45. The summed E-state index contributed by atoms with van der Waals surface area (Å²) >= 11 is 0. The van der Waals surface area contributed by atoms with Crippen molar-refractivity contribution in [2.24, 2.45) is 0 Å². The lowest BCUT2D eigenvalue weighted by molar-refractivity contribution is -0.128. The number of rotatable bonds is 8. The monoisotopic (exact) mass is 397 g/mol. The van der Waals surface area contributed by atoms with Crippen LogP contribution < -0.4 is 20.1 Å². The summed E-state index contributed by atoms with van der Waals surface area (Å²) in [4.78, 5) is 38.0. The molecule has 2 aromatic carbocycles. The molecule has 2 N–H and O–H groups in total. The molecule has 1 saturated heterocycles.